The van der Waals surface area contributed by atoms with Crippen LogP contribution in [0.1, 0.15) is 71.3 Å². The average Bonchev–Trinajstić information content (AvgIpc) is 3.74. The highest BCUT2D eigenvalue weighted by Gasteiger charge is 2.47. The predicted molar refractivity (Wildman–Crippen MR) is 125 cm³/mol. The molecule has 1 N–H and O–H groups in total. The predicted octanol–water partition coefficient (Wildman–Crippen LogP) is 4.14. The van der Waals surface area contributed by atoms with Gasteiger partial charge in [-0.25, -0.2) is 9.78 Å². The molecule has 0 unspecified atom stereocenters. The number of rotatable bonds is 3. The molecule has 3 aliphatic rings. The van der Waals surface area contributed by atoms with Crippen LogP contribution in [0.25, 0.3) is 5.70 Å². The number of aromatic amines is 1. The van der Waals surface area contributed by atoms with Crippen molar-refractivity contribution in [3.63, 3.8) is 0 Å². The second-order valence-electron chi connectivity index (χ2n) is 7.54. The molecule has 2 amide bonds. The normalized spacial score (nSPS) is 16.4. The number of anilines is 1. The zero-order chi connectivity index (χ0) is 24.0. The Morgan fingerprint density at radius 2 is 1.88 bits per heavy atom. The number of ether oxygens (including phenoxy) is 1. The molecule has 33 heavy (non-hydrogen) atoms. The summed E-state index contributed by atoms with van der Waals surface area (Å²) in [6, 6.07) is 2.21. The Balaban J connectivity index is 0.000000216. The smallest absolute Gasteiger partial charge is 0.330 e. The van der Waals surface area contributed by atoms with Crippen LogP contribution < -0.4 is 9.64 Å². The molecule has 0 atom stereocenters. The molecule has 5 rings (SSSR count). The molecule has 1 aliphatic heterocycles. The van der Waals surface area contributed by atoms with Crippen molar-refractivity contribution in [3.05, 3.63) is 36.6 Å². The number of carbonyl (C=O) groups is 2. The summed E-state index contributed by atoms with van der Waals surface area (Å²) >= 11 is 0. The first kappa shape index (κ1) is 24.0. The van der Waals surface area contributed by atoms with Gasteiger partial charge in [-0.1, -0.05) is 33.3 Å². The van der Waals surface area contributed by atoms with Crippen molar-refractivity contribution < 1.29 is 14.3 Å². The Kier molecular flexibility index (Phi) is 7.83. The second-order valence-corrected chi connectivity index (χ2v) is 7.54. The molecule has 0 spiro atoms. The fourth-order valence-corrected chi connectivity index (χ4v) is 3.29. The van der Waals surface area contributed by atoms with Gasteiger partial charge in [0.2, 0.25) is 0 Å². The van der Waals surface area contributed by atoms with Gasteiger partial charge in [0, 0.05) is 31.5 Å². The van der Waals surface area contributed by atoms with Crippen LogP contribution in [-0.4, -0.2) is 49.1 Å². The summed E-state index contributed by atoms with van der Waals surface area (Å²) in [7, 11) is 0. The fraction of sp³-hybridized carbons (Fsp3) is 0.458. The first-order valence-corrected chi connectivity index (χ1v) is 11.3. The van der Waals surface area contributed by atoms with E-state index in [0.29, 0.717) is 29.5 Å². The Labute approximate surface area is 194 Å². The van der Waals surface area contributed by atoms with Crippen molar-refractivity contribution in [1.29, 1.82) is 0 Å². The van der Waals surface area contributed by atoms with Crippen molar-refractivity contribution in [2.24, 2.45) is 0 Å². The number of aromatic nitrogens is 4. The minimum Gasteiger partial charge on any atom is -0.425 e. The van der Waals surface area contributed by atoms with Crippen LogP contribution in [0.4, 0.5) is 10.6 Å². The molecule has 2 aromatic heterocycles. The summed E-state index contributed by atoms with van der Waals surface area (Å²) in [6.07, 6.45) is 7.86. The van der Waals surface area contributed by atoms with Gasteiger partial charge in [-0.15, -0.1) is 0 Å². The number of esters is 1. The van der Waals surface area contributed by atoms with E-state index in [1.807, 2.05) is 30.6 Å². The zero-order valence-electron chi connectivity index (χ0n) is 19.6. The molecule has 2 fully saturated rings. The lowest BCUT2D eigenvalue weighted by Gasteiger charge is -2.35. The summed E-state index contributed by atoms with van der Waals surface area (Å²) in [6.45, 7) is 11.5. The van der Waals surface area contributed by atoms with E-state index in [9.17, 15) is 9.59 Å². The number of nitrogens with one attached hydrogen (secondary N) is 1. The van der Waals surface area contributed by atoms with Gasteiger partial charge in [0.05, 0.1) is 18.1 Å². The highest BCUT2D eigenvalue weighted by Crippen LogP contribution is 2.44. The van der Waals surface area contributed by atoms with Gasteiger partial charge >= 0.3 is 12.0 Å². The van der Waals surface area contributed by atoms with Crippen molar-refractivity contribution in [2.75, 3.05) is 4.90 Å². The van der Waals surface area contributed by atoms with Crippen molar-refractivity contribution in [1.82, 2.24) is 25.1 Å². The largest absolute Gasteiger partial charge is 0.425 e. The molecule has 174 valence electrons. The minimum absolute atomic E-state index is 0.0407. The molecule has 3 heterocycles. The Bertz CT molecular complexity index is 1060. The molecule has 2 aromatic rings. The van der Waals surface area contributed by atoms with E-state index < -0.39 is 0 Å². The SMILES string of the molecule is C=C1c2[nH]c(C#CCC)nc2N(C2CC2)C(=O)N1C1CC1.CC.CC(=O)Oc1ccnnc1. The quantitative estimate of drug-likeness (QED) is 0.557. The Hall–Kier alpha value is -3.67. The monoisotopic (exact) mass is 450 g/mol. The highest BCUT2D eigenvalue weighted by molar-refractivity contribution is 6.04. The highest BCUT2D eigenvalue weighted by atomic mass is 16.5. The number of imidazole rings is 1. The molecule has 2 aliphatic carbocycles. The summed E-state index contributed by atoms with van der Waals surface area (Å²) in [5, 5.41) is 7.02. The van der Waals surface area contributed by atoms with Crippen LogP contribution in [-0.2, 0) is 4.79 Å². The molecule has 9 heteroatoms. The van der Waals surface area contributed by atoms with Gasteiger partial charge < -0.3 is 9.72 Å². The average molecular weight is 451 g/mol. The molecule has 2 saturated carbocycles. The van der Waals surface area contributed by atoms with Crippen LogP contribution in [0.5, 0.6) is 5.75 Å². The fourth-order valence-electron chi connectivity index (χ4n) is 3.29. The number of amides is 2. The van der Waals surface area contributed by atoms with Gasteiger partial charge in [-0.3, -0.25) is 14.6 Å². The lowest BCUT2D eigenvalue weighted by molar-refractivity contribution is -0.131. The van der Waals surface area contributed by atoms with Gasteiger partial charge in [0.15, 0.2) is 17.4 Å². The van der Waals surface area contributed by atoms with Gasteiger partial charge in [0.25, 0.3) is 0 Å². The van der Waals surface area contributed by atoms with E-state index in [4.69, 9.17) is 0 Å². The number of carbonyl (C=O) groups excluding carboxylic acids is 2. The standard InChI is InChI=1S/C16H18N4O.C6H6N2O2.C2H6/c1-3-4-5-13-17-14-10(2)19(11-6-7-11)16(21)20(12-8-9-12)15(14)18-13;1-5(9)10-6-2-3-7-8-4-6;1-2/h11-12H,2-3,6-9H2,1H3,(H,17,18);2-4H,1H3;1-2H3. The van der Waals surface area contributed by atoms with Crippen LogP contribution in [0.2, 0.25) is 0 Å². The molecule has 9 nitrogen and oxygen atoms in total. The molecule has 0 bridgehead atoms. The third-order valence-corrected chi connectivity index (χ3v) is 4.93. The Morgan fingerprint density at radius 1 is 1.21 bits per heavy atom. The third-order valence-electron chi connectivity index (χ3n) is 4.93. The van der Waals surface area contributed by atoms with E-state index in [2.05, 4.69) is 43.3 Å². The van der Waals surface area contributed by atoms with Gasteiger partial charge in [0.1, 0.15) is 5.69 Å². The maximum absolute atomic E-state index is 12.8. The van der Waals surface area contributed by atoms with Gasteiger partial charge in [-0.2, -0.15) is 10.2 Å². The zero-order valence-corrected chi connectivity index (χ0v) is 19.6. The lowest BCUT2D eigenvalue weighted by atomic mass is 10.2. The van der Waals surface area contributed by atoms with Gasteiger partial charge in [-0.05, 0) is 31.6 Å². The van der Waals surface area contributed by atoms with Crippen LogP contribution in [0.15, 0.2) is 25.0 Å². The number of hydrogen-bond donors (Lipinski definition) is 1. The number of hydrogen-bond acceptors (Lipinski definition) is 6. The minimum atomic E-state index is -0.354. The van der Waals surface area contributed by atoms with Crippen LogP contribution in [0.3, 0.4) is 0 Å². The summed E-state index contributed by atoms with van der Waals surface area (Å²) < 4.78 is 4.67. The van der Waals surface area contributed by atoms with E-state index in [1.165, 1.54) is 19.3 Å². The maximum Gasteiger partial charge on any atom is 0.330 e. The first-order valence-electron chi connectivity index (χ1n) is 11.3. The van der Waals surface area contributed by atoms with E-state index in [1.54, 1.807) is 6.07 Å². The summed E-state index contributed by atoms with van der Waals surface area (Å²) in [5.41, 5.74) is 1.60. The van der Waals surface area contributed by atoms with Crippen molar-refractivity contribution >= 4 is 23.5 Å². The maximum atomic E-state index is 12.8. The van der Waals surface area contributed by atoms with E-state index >= 15 is 0 Å². The lowest BCUT2D eigenvalue weighted by Crippen LogP contribution is -2.48. The van der Waals surface area contributed by atoms with Crippen LogP contribution in [0, 0.1) is 11.8 Å². The van der Waals surface area contributed by atoms with Crippen LogP contribution >= 0.6 is 0 Å². The molecule has 0 aromatic carbocycles. The molecular formula is C24H30N6O3. The van der Waals surface area contributed by atoms with Crippen molar-refractivity contribution in [3.8, 4) is 17.6 Å². The third kappa shape index (κ3) is 5.77. The number of nitrogens with zero attached hydrogens (tertiary/aromatic N) is 5. The molecular weight excluding hydrogens is 420 g/mol. The van der Waals surface area contributed by atoms with E-state index in [-0.39, 0.29) is 12.0 Å². The second kappa shape index (κ2) is 10.8. The number of urea groups is 1. The summed E-state index contributed by atoms with van der Waals surface area (Å²) in [4.78, 5) is 34.6. The van der Waals surface area contributed by atoms with E-state index in [0.717, 1.165) is 43.5 Å². The first-order chi connectivity index (χ1) is 16.0. The number of fused-ring (bicyclic) bond motifs is 1. The summed E-state index contributed by atoms with van der Waals surface area (Å²) in [5.74, 6) is 7.43. The molecule has 0 radical (unpaired) electrons. The topological polar surface area (TPSA) is 104 Å². The molecule has 0 saturated heterocycles. The Morgan fingerprint density at radius 3 is 2.42 bits per heavy atom. The number of H-pyrrole nitrogens is 1. The van der Waals surface area contributed by atoms with Crippen molar-refractivity contribution in [2.45, 2.75) is 71.9 Å².